The highest BCUT2D eigenvalue weighted by Crippen LogP contribution is 2.27. The number of nitrogens with zero attached hydrogens (tertiary/aromatic N) is 4. The van der Waals surface area contributed by atoms with Crippen LogP contribution in [0.3, 0.4) is 0 Å². The predicted molar refractivity (Wildman–Crippen MR) is 91.9 cm³/mol. The molecular formula is C15H20ClN5O3. The van der Waals surface area contributed by atoms with Crippen molar-refractivity contribution >= 4 is 34.9 Å². The highest BCUT2D eigenvalue weighted by atomic mass is 35.5. The van der Waals surface area contributed by atoms with Gasteiger partial charge in [-0.15, -0.1) is 0 Å². The Kier molecular flexibility index (Phi) is 6.10. The van der Waals surface area contributed by atoms with Gasteiger partial charge in [0.2, 0.25) is 0 Å². The number of imidazole rings is 1. The molecule has 1 amide bonds. The average Bonchev–Trinajstić information content (AvgIpc) is 2.89. The zero-order valence-electron chi connectivity index (χ0n) is 13.8. The van der Waals surface area contributed by atoms with Gasteiger partial charge in [-0.3, -0.25) is 0 Å². The number of amides is 1. The van der Waals surface area contributed by atoms with Crippen molar-refractivity contribution in [1.82, 2.24) is 20.0 Å². The van der Waals surface area contributed by atoms with E-state index in [0.29, 0.717) is 36.1 Å². The van der Waals surface area contributed by atoms with E-state index in [4.69, 9.17) is 21.4 Å². The van der Waals surface area contributed by atoms with Crippen molar-refractivity contribution in [3.8, 4) is 0 Å². The van der Waals surface area contributed by atoms with Crippen LogP contribution in [0.15, 0.2) is 5.10 Å². The molecule has 0 radical (unpaired) electrons. The van der Waals surface area contributed by atoms with Crippen molar-refractivity contribution in [3.05, 3.63) is 22.2 Å². The molecule has 0 aromatic carbocycles. The molecule has 2 N–H and O–H groups in total. The third kappa shape index (κ3) is 4.01. The molecule has 0 fully saturated rings. The molecule has 0 aliphatic rings. The third-order valence-corrected chi connectivity index (χ3v) is 3.73. The van der Waals surface area contributed by atoms with Crippen LogP contribution in [0.25, 0.3) is 11.0 Å². The van der Waals surface area contributed by atoms with E-state index in [9.17, 15) is 4.79 Å². The van der Waals surface area contributed by atoms with Gasteiger partial charge in [-0.05, 0) is 26.3 Å². The summed E-state index contributed by atoms with van der Waals surface area (Å²) in [5, 5.41) is 15.6. The van der Waals surface area contributed by atoms with Crippen molar-refractivity contribution in [1.29, 1.82) is 0 Å². The topological polar surface area (TPSA) is 102 Å². The molecule has 130 valence electrons. The fraction of sp³-hybridized carbons (Fsp3) is 0.467. The number of rotatable bonds is 7. The van der Waals surface area contributed by atoms with Gasteiger partial charge < -0.3 is 15.2 Å². The molecule has 0 saturated carbocycles. The molecule has 0 atom stereocenters. The van der Waals surface area contributed by atoms with E-state index in [1.54, 1.807) is 10.9 Å². The third-order valence-electron chi connectivity index (χ3n) is 3.46. The lowest BCUT2D eigenvalue weighted by Gasteiger charge is -2.06. The van der Waals surface area contributed by atoms with Crippen molar-refractivity contribution in [3.63, 3.8) is 0 Å². The Morgan fingerprint density at radius 1 is 1.46 bits per heavy atom. The standard InChI is InChI=1S/C15H20ClN5O3/c1-4-24-8-11-20-12-13(9(2)10(3)19-14(12)16)21(11)18-7-5-6-17-15(22)23/h7,17H,4-6,8H2,1-3H3,(H,22,23). The Morgan fingerprint density at radius 3 is 2.88 bits per heavy atom. The lowest BCUT2D eigenvalue weighted by atomic mass is 10.2. The minimum atomic E-state index is -1.06. The van der Waals surface area contributed by atoms with Gasteiger partial charge >= 0.3 is 6.09 Å². The smallest absolute Gasteiger partial charge is 0.404 e. The van der Waals surface area contributed by atoms with Crippen molar-refractivity contribution < 1.29 is 14.6 Å². The molecule has 0 aliphatic heterocycles. The molecule has 8 nitrogen and oxygen atoms in total. The largest absolute Gasteiger partial charge is 0.465 e. The maximum atomic E-state index is 10.4. The van der Waals surface area contributed by atoms with Crippen LogP contribution in [0.2, 0.25) is 5.15 Å². The molecule has 2 aromatic rings. The van der Waals surface area contributed by atoms with Crippen LogP contribution in [0, 0.1) is 13.8 Å². The number of aryl methyl sites for hydroxylation is 2. The number of carbonyl (C=O) groups is 1. The summed E-state index contributed by atoms with van der Waals surface area (Å²) in [6.07, 6.45) is 1.03. The summed E-state index contributed by atoms with van der Waals surface area (Å²) >= 11 is 6.22. The van der Waals surface area contributed by atoms with E-state index >= 15 is 0 Å². The number of aromatic nitrogens is 3. The van der Waals surface area contributed by atoms with E-state index in [0.717, 1.165) is 16.8 Å². The second kappa shape index (κ2) is 8.07. The van der Waals surface area contributed by atoms with Crippen molar-refractivity contribution in [2.24, 2.45) is 5.10 Å². The summed E-state index contributed by atoms with van der Waals surface area (Å²) < 4.78 is 7.13. The summed E-state index contributed by atoms with van der Waals surface area (Å²) in [4.78, 5) is 19.2. The Morgan fingerprint density at radius 2 is 2.21 bits per heavy atom. The molecule has 0 saturated heterocycles. The van der Waals surface area contributed by atoms with Gasteiger partial charge in [0.1, 0.15) is 17.6 Å². The summed E-state index contributed by atoms with van der Waals surface area (Å²) in [6.45, 7) is 6.85. The summed E-state index contributed by atoms with van der Waals surface area (Å²) in [5.74, 6) is 0.617. The van der Waals surface area contributed by atoms with Gasteiger partial charge in [-0.2, -0.15) is 5.10 Å². The van der Waals surface area contributed by atoms with Crippen LogP contribution in [0.4, 0.5) is 4.79 Å². The van der Waals surface area contributed by atoms with Gasteiger partial charge in [0, 0.05) is 31.5 Å². The first-order valence-electron chi connectivity index (χ1n) is 7.57. The Balaban J connectivity index is 2.40. The number of pyridine rings is 1. The Bertz CT molecular complexity index is 772. The molecule has 2 aromatic heterocycles. The molecule has 0 unspecified atom stereocenters. The van der Waals surface area contributed by atoms with E-state index < -0.39 is 6.09 Å². The Labute approximate surface area is 144 Å². The molecule has 2 rings (SSSR count). The maximum Gasteiger partial charge on any atom is 0.404 e. The first-order chi connectivity index (χ1) is 11.5. The molecular weight excluding hydrogens is 334 g/mol. The second-order valence-electron chi connectivity index (χ2n) is 5.11. The summed E-state index contributed by atoms with van der Waals surface area (Å²) in [7, 11) is 0. The monoisotopic (exact) mass is 353 g/mol. The number of hydrogen-bond donors (Lipinski definition) is 2. The zero-order chi connectivity index (χ0) is 17.7. The lowest BCUT2D eigenvalue weighted by molar-refractivity contribution is 0.126. The number of hydrogen-bond acceptors (Lipinski definition) is 5. The first-order valence-corrected chi connectivity index (χ1v) is 7.94. The fourth-order valence-corrected chi connectivity index (χ4v) is 2.45. The SMILES string of the molecule is CCOCc1nc2c(Cl)nc(C)c(C)c2n1N=CCCNC(=O)O. The lowest BCUT2D eigenvalue weighted by Crippen LogP contribution is -2.22. The van der Waals surface area contributed by atoms with Gasteiger partial charge in [-0.1, -0.05) is 11.6 Å². The molecule has 24 heavy (non-hydrogen) atoms. The fourth-order valence-electron chi connectivity index (χ4n) is 2.19. The van der Waals surface area contributed by atoms with Crippen LogP contribution in [0.5, 0.6) is 0 Å². The van der Waals surface area contributed by atoms with Crippen molar-refractivity contribution in [2.45, 2.75) is 33.8 Å². The number of carboxylic acid groups (broad SMARTS) is 1. The highest BCUT2D eigenvalue weighted by Gasteiger charge is 2.17. The van der Waals surface area contributed by atoms with Crippen LogP contribution in [0.1, 0.15) is 30.4 Å². The summed E-state index contributed by atoms with van der Waals surface area (Å²) in [6, 6.07) is 0. The number of fused-ring (bicyclic) bond motifs is 1. The van der Waals surface area contributed by atoms with E-state index in [-0.39, 0.29) is 6.54 Å². The molecule has 0 bridgehead atoms. The summed E-state index contributed by atoms with van der Waals surface area (Å²) in [5.41, 5.74) is 3.10. The predicted octanol–water partition coefficient (Wildman–Crippen LogP) is 2.73. The quantitative estimate of drug-likeness (QED) is 0.452. The molecule has 0 aliphatic carbocycles. The van der Waals surface area contributed by atoms with Crippen LogP contribution >= 0.6 is 11.6 Å². The van der Waals surface area contributed by atoms with Crippen LogP contribution in [-0.4, -0.2) is 45.2 Å². The van der Waals surface area contributed by atoms with Gasteiger partial charge in [0.25, 0.3) is 0 Å². The molecule has 0 spiro atoms. The minimum Gasteiger partial charge on any atom is -0.465 e. The minimum absolute atomic E-state index is 0.284. The second-order valence-corrected chi connectivity index (χ2v) is 5.46. The number of ether oxygens (including phenoxy) is 1. The van der Waals surface area contributed by atoms with Gasteiger partial charge in [-0.25, -0.2) is 19.4 Å². The number of nitrogens with one attached hydrogen (secondary N) is 1. The van der Waals surface area contributed by atoms with Gasteiger partial charge in [0.15, 0.2) is 11.0 Å². The van der Waals surface area contributed by atoms with E-state index in [1.165, 1.54) is 0 Å². The molecule has 9 heteroatoms. The highest BCUT2D eigenvalue weighted by molar-refractivity contribution is 6.33. The van der Waals surface area contributed by atoms with E-state index in [2.05, 4.69) is 20.4 Å². The van der Waals surface area contributed by atoms with Crippen LogP contribution in [-0.2, 0) is 11.3 Å². The first kappa shape index (κ1) is 18.2. The maximum absolute atomic E-state index is 10.4. The average molecular weight is 354 g/mol. The van der Waals surface area contributed by atoms with Crippen LogP contribution < -0.4 is 5.32 Å². The zero-order valence-corrected chi connectivity index (χ0v) is 14.6. The molecule has 2 heterocycles. The Hall–Kier alpha value is -2.19. The van der Waals surface area contributed by atoms with Gasteiger partial charge in [0.05, 0.1) is 0 Å². The van der Waals surface area contributed by atoms with E-state index in [1.807, 2.05) is 20.8 Å². The van der Waals surface area contributed by atoms with Crippen molar-refractivity contribution in [2.75, 3.05) is 13.2 Å². The number of halogens is 1. The normalized spacial score (nSPS) is 11.5.